The van der Waals surface area contributed by atoms with Crippen molar-refractivity contribution in [1.82, 2.24) is 14.8 Å². The number of ketones is 1. The van der Waals surface area contributed by atoms with Crippen LogP contribution in [0.15, 0.2) is 29.4 Å². The maximum atomic E-state index is 12.8. The van der Waals surface area contributed by atoms with E-state index in [1.165, 1.54) is 41.5 Å². The first kappa shape index (κ1) is 21.4. The number of carbonyl (C=O) groups is 2. The number of aromatic nitrogens is 3. The Labute approximate surface area is 196 Å². The van der Waals surface area contributed by atoms with E-state index in [4.69, 9.17) is 0 Å². The van der Waals surface area contributed by atoms with Gasteiger partial charge in [-0.25, -0.2) is 0 Å². The minimum atomic E-state index is 0.0292. The monoisotopic (exact) mass is 466 g/mol. The number of thiophene rings is 1. The highest BCUT2D eigenvalue weighted by Gasteiger charge is 2.25. The van der Waals surface area contributed by atoms with E-state index in [1.54, 1.807) is 18.0 Å². The van der Waals surface area contributed by atoms with Gasteiger partial charge in [0.25, 0.3) is 0 Å². The van der Waals surface area contributed by atoms with Gasteiger partial charge in [0, 0.05) is 30.2 Å². The first-order valence-electron chi connectivity index (χ1n) is 11.0. The predicted molar refractivity (Wildman–Crippen MR) is 129 cm³/mol. The maximum Gasteiger partial charge on any atom is 0.231 e. The molecule has 3 aromatic rings. The Kier molecular flexibility index (Phi) is 5.67. The number of aryl methyl sites for hydroxylation is 1. The van der Waals surface area contributed by atoms with Crippen LogP contribution in [-0.2, 0) is 31.1 Å². The highest BCUT2D eigenvalue weighted by atomic mass is 32.2. The lowest BCUT2D eigenvalue weighted by atomic mass is 9.87. The quantitative estimate of drug-likeness (QED) is 0.394. The molecule has 0 bridgehead atoms. The smallest absolute Gasteiger partial charge is 0.231 e. The van der Waals surface area contributed by atoms with E-state index >= 15 is 0 Å². The largest absolute Gasteiger partial charge is 0.315 e. The van der Waals surface area contributed by atoms with Crippen molar-refractivity contribution in [1.29, 1.82) is 0 Å². The third-order valence-corrected chi connectivity index (χ3v) is 8.88. The molecular formula is C24H26N4O2S2. The molecule has 0 N–H and O–H groups in total. The van der Waals surface area contributed by atoms with E-state index in [-0.39, 0.29) is 17.4 Å². The fourth-order valence-electron chi connectivity index (χ4n) is 4.57. The van der Waals surface area contributed by atoms with Gasteiger partial charge in [0.2, 0.25) is 5.91 Å². The average Bonchev–Trinajstić information content (AvgIpc) is 3.46. The van der Waals surface area contributed by atoms with Crippen LogP contribution in [0.3, 0.4) is 0 Å². The van der Waals surface area contributed by atoms with Crippen molar-refractivity contribution in [3.8, 4) is 10.7 Å². The van der Waals surface area contributed by atoms with E-state index in [2.05, 4.69) is 23.2 Å². The standard InChI is InChI=1S/C24H26N4O2S2/c1-4-14-5-8-20-17(9-14)11-21(32-20)23-25-26-24(28(23)3)31-13-19(29)15-6-7-18-16(10-15)12-22(30)27(18)2/h6-7,10-11,14H,4-5,8-9,12-13H2,1-3H3/t14-/m1/s1. The van der Waals surface area contributed by atoms with Crippen LogP contribution in [0, 0.1) is 5.92 Å². The summed E-state index contributed by atoms with van der Waals surface area (Å²) >= 11 is 3.24. The lowest BCUT2D eigenvalue weighted by Crippen LogP contribution is -2.20. The summed E-state index contributed by atoms with van der Waals surface area (Å²) in [6, 6.07) is 7.80. The average molecular weight is 467 g/mol. The van der Waals surface area contributed by atoms with Gasteiger partial charge in [0.1, 0.15) is 0 Å². The molecule has 0 spiro atoms. The Morgan fingerprint density at radius 1 is 1.22 bits per heavy atom. The number of amides is 1. The Morgan fingerprint density at radius 3 is 2.88 bits per heavy atom. The SMILES string of the molecule is CC[C@@H]1CCc2sc(-c3nnc(SCC(=O)c4ccc5c(c4)CC(=O)N5C)n3C)cc2C1. The maximum absolute atomic E-state index is 12.8. The van der Waals surface area contributed by atoms with Crippen LogP contribution < -0.4 is 4.90 Å². The van der Waals surface area contributed by atoms with Gasteiger partial charge >= 0.3 is 0 Å². The summed E-state index contributed by atoms with van der Waals surface area (Å²) in [7, 11) is 3.73. The third kappa shape index (κ3) is 3.79. The zero-order valence-electron chi connectivity index (χ0n) is 18.6. The fourth-order valence-corrected chi connectivity index (χ4v) is 6.60. The van der Waals surface area contributed by atoms with Crippen LogP contribution in [0.2, 0.25) is 0 Å². The summed E-state index contributed by atoms with van der Waals surface area (Å²) in [4.78, 5) is 29.0. The van der Waals surface area contributed by atoms with Crippen molar-refractivity contribution in [3.63, 3.8) is 0 Å². The van der Waals surface area contributed by atoms with Crippen LogP contribution >= 0.6 is 23.1 Å². The van der Waals surface area contributed by atoms with Crippen LogP contribution in [0.25, 0.3) is 10.7 Å². The highest BCUT2D eigenvalue weighted by molar-refractivity contribution is 7.99. The summed E-state index contributed by atoms with van der Waals surface area (Å²) < 4.78 is 1.99. The second kappa shape index (κ2) is 8.48. The van der Waals surface area contributed by atoms with Gasteiger partial charge in [0.05, 0.1) is 17.1 Å². The minimum Gasteiger partial charge on any atom is -0.315 e. The summed E-state index contributed by atoms with van der Waals surface area (Å²) in [5.41, 5.74) is 3.91. The van der Waals surface area contributed by atoms with Crippen LogP contribution in [0.4, 0.5) is 5.69 Å². The normalized spacial score (nSPS) is 17.5. The molecule has 0 fully saturated rings. The summed E-state index contributed by atoms with van der Waals surface area (Å²) in [5.74, 6) is 2.03. The van der Waals surface area contributed by atoms with Crippen LogP contribution in [-0.4, -0.2) is 39.3 Å². The van der Waals surface area contributed by atoms with Crippen LogP contribution in [0.1, 0.15) is 46.1 Å². The molecule has 3 heterocycles. The Bertz CT molecular complexity index is 1210. The van der Waals surface area contributed by atoms with E-state index in [0.717, 1.165) is 39.4 Å². The molecule has 2 aromatic heterocycles. The third-order valence-electron chi connectivity index (χ3n) is 6.63. The number of thioether (sulfide) groups is 1. The van der Waals surface area contributed by atoms with Gasteiger partial charge in [-0.3, -0.25) is 9.59 Å². The van der Waals surface area contributed by atoms with E-state index in [1.807, 2.05) is 35.1 Å². The summed E-state index contributed by atoms with van der Waals surface area (Å²) in [6.45, 7) is 2.27. The molecule has 2 aliphatic rings. The number of benzene rings is 1. The molecule has 0 unspecified atom stereocenters. The second-order valence-corrected chi connectivity index (χ2v) is 10.7. The number of carbonyl (C=O) groups excluding carboxylic acids is 2. The molecule has 5 rings (SSSR count). The van der Waals surface area contributed by atoms with Gasteiger partial charge in [-0.05, 0) is 60.6 Å². The molecule has 0 radical (unpaired) electrons. The fraction of sp³-hybridized carbons (Fsp3) is 0.417. The van der Waals surface area contributed by atoms with E-state index in [0.29, 0.717) is 12.0 Å². The molecular weight excluding hydrogens is 440 g/mol. The molecule has 1 amide bonds. The van der Waals surface area contributed by atoms with Crippen molar-refractivity contribution in [2.45, 2.75) is 44.2 Å². The predicted octanol–water partition coefficient (Wildman–Crippen LogP) is 4.55. The topological polar surface area (TPSA) is 68.1 Å². The number of hydrogen-bond acceptors (Lipinski definition) is 6. The molecule has 1 aromatic carbocycles. The van der Waals surface area contributed by atoms with Gasteiger partial charge in [0.15, 0.2) is 16.8 Å². The Balaban J connectivity index is 1.28. The van der Waals surface area contributed by atoms with E-state index < -0.39 is 0 Å². The number of likely N-dealkylation sites (N-methyl/N-ethyl adjacent to an activating group) is 1. The number of Topliss-reactive ketones (excluding diaryl/α,β-unsaturated/α-hetero) is 1. The zero-order chi connectivity index (χ0) is 22.4. The van der Waals surface area contributed by atoms with Crippen LogP contribution in [0.5, 0.6) is 0 Å². The second-order valence-electron chi connectivity index (χ2n) is 8.63. The molecule has 1 atom stereocenters. The lowest BCUT2D eigenvalue weighted by Gasteiger charge is -2.19. The summed E-state index contributed by atoms with van der Waals surface area (Å²) in [6.07, 6.45) is 5.20. The first-order valence-corrected chi connectivity index (χ1v) is 12.8. The number of hydrogen-bond donors (Lipinski definition) is 0. The van der Waals surface area contributed by atoms with Crippen molar-refractivity contribution in [2.24, 2.45) is 13.0 Å². The molecule has 0 saturated heterocycles. The van der Waals surface area contributed by atoms with Crippen molar-refractivity contribution >= 4 is 40.5 Å². The number of fused-ring (bicyclic) bond motifs is 2. The van der Waals surface area contributed by atoms with Crippen molar-refractivity contribution < 1.29 is 9.59 Å². The zero-order valence-corrected chi connectivity index (χ0v) is 20.2. The van der Waals surface area contributed by atoms with Gasteiger partial charge in [-0.1, -0.05) is 25.1 Å². The lowest BCUT2D eigenvalue weighted by molar-refractivity contribution is -0.117. The molecule has 1 aliphatic carbocycles. The number of anilines is 1. The number of rotatable bonds is 6. The van der Waals surface area contributed by atoms with Gasteiger partial charge < -0.3 is 9.47 Å². The van der Waals surface area contributed by atoms with Crippen molar-refractivity contribution in [3.05, 3.63) is 45.8 Å². The van der Waals surface area contributed by atoms with Gasteiger partial charge in [-0.15, -0.1) is 21.5 Å². The molecule has 1 aliphatic heterocycles. The van der Waals surface area contributed by atoms with Crippen molar-refractivity contribution in [2.75, 3.05) is 17.7 Å². The molecule has 8 heteroatoms. The molecule has 6 nitrogen and oxygen atoms in total. The molecule has 166 valence electrons. The minimum absolute atomic E-state index is 0.0292. The van der Waals surface area contributed by atoms with E-state index in [9.17, 15) is 9.59 Å². The first-order chi connectivity index (χ1) is 15.4. The molecule has 32 heavy (non-hydrogen) atoms. The van der Waals surface area contributed by atoms with Gasteiger partial charge in [-0.2, -0.15) is 0 Å². The number of nitrogens with zero attached hydrogens (tertiary/aromatic N) is 4. The summed E-state index contributed by atoms with van der Waals surface area (Å²) in [5, 5.41) is 9.52. The Hall–Kier alpha value is -2.45. The Morgan fingerprint density at radius 2 is 2.06 bits per heavy atom. The molecule has 0 saturated carbocycles. The highest BCUT2D eigenvalue weighted by Crippen LogP contribution is 2.38.